The van der Waals surface area contributed by atoms with Gasteiger partial charge in [-0.2, -0.15) is 0 Å². The zero-order valence-electron chi connectivity index (χ0n) is 14.7. The van der Waals surface area contributed by atoms with Gasteiger partial charge in [0.1, 0.15) is 0 Å². The molecule has 24 heavy (non-hydrogen) atoms. The molecule has 0 bridgehead atoms. The lowest BCUT2D eigenvalue weighted by molar-refractivity contribution is 0.0487. The van der Waals surface area contributed by atoms with E-state index in [0.29, 0.717) is 36.7 Å². The van der Waals surface area contributed by atoms with Crippen LogP contribution in [0.15, 0.2) is 23.2 Å². The Labute approximate surface area is 144 Å². The van der Waals surface area contributed by atoms with E-state index in [2.05, 4.69) is 10.3 Å². The Morgan fingerprint density at radius 1 is 1.12 bits per heavy atom. The quantitative estimate of drug-likeness (QED) is 0.346. The van der Waals surface area contributed by atoms with Gasteiger partial charge in [-0.05, 0) is 25.0 Å². The Morgan fingerprint density at radius 3 is 2.50 bits per heavy atom. The van der Waals surface area contributed by atoms with Crippen LogP contribution >= 0.6 is 0 Å². The maximum atomic E-state index is 5.92. The molecule has 134 valence electrons. The number of hydrogen-bond donors (Lipinski definition) is 2. The number of ether oxygens (including phenoxy) is 3. The number of benzene rings is 1. The maximum Gasteiger partial charge on any atom is 0.193 e. The van der Waals surface area contributed by atoms with Crippen molar-refractivity contribution in [2.45, 2.75) is 44.6 Å². The molecule has 3 N–H and O–H groups in total. The third kappa shape index (κ3) is 5.92. The van der Waals surface area contributed by atoms with Gasteiger partial charge >= 0.3 is 0 Å². The lowest BCUT2D eigenvalue weighted by Crippen LogP contribution is -2.24. The first-order chi connectivity index (χ1) is 11.7. The number of guanidine groups is 1. The monoisotopic (exact) mass is 335 g/mol. The lowest BCUT2D eigenvalue weighted by Gasteiger charge is -2.14. The van der Waals surface area contributed by atoms with Gasteiger partial charge in [0.25, 0.3) is 0 Å². The summed E-state index contributed by atoms with van der Waals surface area (Å²) in [4.78, 5) is 4.31. The number of hydrogen-bond acceptors (Lipinski definition) is 4. The summed E-state index contributed by atoms with van der Waals surface area (Å²) in [6, 6.07) is 5.51. The van der Waals surface area contributed by atoms with Crippen molar-refractivity contribution in [3.63, 3.8) is 0 Å². The van der Waals surface area contributed by atoms with E-state index >= 15 is 0 Å². The molecule has 6 nitrogen and oxygen atoms in total. The third-order valence-corrected chi connectivity index (χ3v) is 4.19. The Hall–Kier alpha value is -1.95. The summed E-state index contributed by atoms with van der Waals surface area (Å²) >= 11 is 0. The summed E-state index contributed by atoms with van der Waals surface area (Å²) in [5.74, 6) is 1.69. The van der Waals surface area contributed by atoms with Gasteiger partial charge in [-0.25, -0.2) is 0 Å². The van der Waals surface area contributed by atoms with Crippen molar-refractivity contribution in [1.82, 2.24) is 0 Å². The average molecular weight is 335 g/mol. The van der Waals surface area contributed by atoms with Crippen LogP contribution < -0.4 is 20.5 Å². The fourth-order valence-electron chi connectivity index (χ4n) is 2.90. The Kier molecular flexibility index (Phi) is 7.68. The van der Waals surface area contributed by atoms with E-state index in [1.807, 2.05) is 18.2 Å². The number of nitrogens with one attached hydrogen (secondary N) is 1. The van der Waals surface area contributed by atoms with E-state index in [9.17, 15) is 0 Å². The van der Waals surface area contributed by atoms with Crippen LogP contribution in [0.3, 0.4) is 0 Å². The fourth-order valence-corrected chi connectivity index (χ4v) is 2.90. The van der Waals surface area contributed by atoms with Crippen molar-refractivity contribution in [3.05, 3.63) is 18.2 Å². The zero-order valence-corrected chi connectivity index (χ0v) is 14.7. The third-order valence-electron chi connectivity index (χ3n) is 4.19. The van der Waals surface area contributed by atoms with Gasteiger partial charge in [0.05, 0.1) is 33.5 Å². The number of methoxy groups -OCH3 is 2. The van der Waals surface area contributed by atoms with Crippen molar-refractivity contribution in [2.24, 2.45) is 10.7 Å². The SMILES string of the molecule is COc1ccc(NC(N)=NCCOC2CCCCCC2)cc1OC. The Balaban J connectivity index is 1.77. The van der Waals surface area contributed by atoms with Crippen molar-refractivity contribution in [3.8, 4) is 11.5 Å². The van der Waals surface area contributed by atoms with Crippen molar-refractivity contribution in [1.29, 1.82) is 0 Å². The van der Waals surface area contributed by atoms with Crippen LogP contribution in [-0.4, -0.2) is 39.4 Å². The largest absolute Gasteiger partial charge is 0.493 e. The second-order valence-corrected chi connectivity index (χ2v) is 5.95. The molecule has 1 aromatic carbocycles. The van der Waals surface area contributed by atoms with Gasteiger partial charge in [-0.1, -0.05) is 25.7 Å². The molecule has 1 saturated carbocycles. The van der Waals surface area contributed by atoms with Crippen LogP contribution in [0.1, 0.15) is 38.5 Å². The second kappa shape index (κ2) is 10.0. The first kappa shape index (κ1) is 18.4. The molecular weight excluding hydrogens is 306 g/mol. The normalized spacial score (nSPS) is 16.5. The minimum atomic E-state index is 0.367. The Morgan fingerprint density at radius 2 is 1.83 bits per heavy atom. The van der Waals surface area contributed by atoms with Gasteiger partial charge in [0.15, 0.2) is 17.5 Å². The molecule has 0 radical (unpaired) electrons. The molecule has 0 unspecified atom stereocenters. The highest BCUT2D eigenvalue weighted by molar-refractivity contribution is 5.92. The van der Waals surface area contributed by atoms with Crippen LogP contribution in [0.4, 0.5) is 5.69 Å². The number of nitrogens with zero attached hydrogens (tertiary/aromatic N) is 1. The van der Waals surface area contributed by atoms with Crippen LogP contribution in [0.25, 0.3) is 0 Å². The summed E-state index contributed by atoms with van der Waals surface area (Å²) in [5, 5.41) is 3.05. The lowest BCUT2D eigenvalue weighted by atomic mass is 10.1. The maximum absolute atomic E-state index is 5.92. The molecule has 0 saturated heterocycles. The molecule has 2 rings (SSSR count). The molecule has 0 heterocycles. The van der Waals surface area contributed by atoms with E-state index in [4.69, 9.17) is 19.9 Å². The molecule has 6 heteroatoms. The molecule has 0 spiro atoms. The predicted molar refractivity (Wildman–Crippen MR) is 97.1 cm³/mol. The summed E-state index contributed by atoms with van der Waals surface area (Å²) in [6.45, 7) is 1.17. The van der Waals surface area contributed by atoms with Gasteiger partial charge in [0, 0.05) is 11.8 Å². The summed E-state index contributed by atoms with van der Waals surface area (Å²) in [7, 11) is 3.21. The molecule has 0 atom stereocenters. The fraction of sp³-hybridized carbons (Fsp3) is 0.611. The zero-order chi connectivity index (χ0) is 17.2. The van der Waals surface area contributed by atoms with E-state index < -0.39 is 0 Å². The summed E-state index contributed by atoms with van der Waals surface area (Å²) in [6.07, 6.45) is 7.95. The van der Waals surface area contributed by atoms with Crippen molar-refractivity contribution < 1.29 is 14.2 Å². The first-order valence-corrected chi connectivity index (χ1v) is 8.63. The van der Waals surface area contributed by atoms with E-state index in [-0.39, 0.29) is 0 Å². The van der Waals surface area contributed by atoms with Crippen molar-refractivity contribution >= 4 is 11.6 Å². The minimum absolute atomic E-state index is 0.367. The van der Waals surface area contributed by atoms with E-state index in [0.717, 1.165) is 5.69 Å². The highest BCUT2D eigenvalue weighted by Gasteiger charge is 2.11. The summed E-state index contributed by atoms with van der Waals surface area (Å²) < 4.78 is 16.4. The van der Waals surface area contributed by atoms with E-state index in [1.165, 1.54) is 38.5 Å². The highest BCUT2D eigenvalue weighted by atomic mass is 16.5. The smallest absolute Gasteiger partial charge is 0.193 e. The molecule has 1 aromatic rings. The number of anilines is 1. The average Bonchev–Trinajstić information content (AvgIpc) is 2.87. The number of rotatable bonds is 7. The first-order valence-electron chi connectivity index (χ1n) is 8.63. The van der Waals surface area contributed by atoms with Gasteiger partial charge in [-0.3, -0.25) is 4.99 Å². The van der Waals surface area contributed by atoms with Gasteiger partial charge in [-0.15, -0.1) is 0 Å². The molecule has 0 amide bonds. The van der Waals surface area contributed by atoms with E-state index in [1.54, 1.807) is 14.2 Å². The minimum Gasteiger partial charge on any atom is -0.493 e. The molecule has 1 fully saturated rings. The topological polar surface area (TPSA) is 78.1 Å². The number of nitrogens with two attached hydrogens (primary N) is 1. The second-order valence-electron chi connectivity index (χ2n) is 5.95. The van der Waals surface area contributed by atoms with Gasteiger partial charge < -0.3 is 25.3 Å². The van der Waals surface area contributed by atoms with Crippen LogP contribution in [-0.2, 0) is 4.74 Å². The molecular formula is C18H29N3O3. The number of aliphatic imine (C=N–C) groups is 1. The predicted octanol–water partition coefficient (Wildman–Crippen LogP) is 3.17. The Bertz CT molecular complexity index is 526. The molecule has 0 aromatic heterocycles. The van der Waals surface area contributed by atoms with Gasteiger partial charge in [0.2, 0.25) is 0 Å². The summed E-state index contributed by atoms with van der Waals surface area (Å²) in [5.41, 5.74) is 6.73. The molecule has 1 aliphatic rings. The van der Waals surface area contributed by atoms with Crippen molar-refractivity contribution in [2.75, 3.05) is 32.7 Å². The van der Waals surface area contributed by atoms with Crippen LogP contribution in [0, 0.1) is 0 Å². The highest BCUT2D eigenvalue weighted by Crippen LogP contribution is 2.29. The standard InChI is InChI=1S/C18H29N3O3/c1-22-16-10-9-14(13-17(16)23-2)21-18(19)20-11-12-24-15-7-5-3-4-6-8-15/h9-10,13,15H,3-8,11-12H2,1-2H3,(H3,19,20,21). The van der Waals surface area contributed by atoms with Crippen LogP contribution in [0.5, 0.6) is 11.5 Å². The molecule has 0 aliphatic heterocycles. The molecule has 1 aliphatic carbocycles. The van der Waals surface area contributed by atoms with Crippen LogP contribution in [0.2, 0.25) is 0 Å².